The van der Waals surface area contributed by atoms with E-state index in [1.807, 2.05) is 34.5 Å². The van der Waals surface area contributed by atoms with Gasteiger partial charge in [0, 0.05) is 48.9 Å². The molecule has 204 valence electrons. The fraction of sp³-hybridized carbons (Fsp3) is 0.517. The zero-order valence-corrected chi connectivity index (χ0v) is 24.3. The van der Waals surface area contributed by atoms with Crippen molar-refractivity contribution in [2.24, 2.45) is 0 Å². The van der Waals surface area contributed by atoms with E-state index in [2.05, 4.69) is 81.1 Å². The molecule has 4 heterocycles. The van der Waals surface area contributed by atoms with E-state index in [0.29, 0.717) is 13.0 Å². The summed E-state index contributed by atoms with van der Waals surface area (Å²) in [6.07, 6.45) is 4.17. The highest BCUT2D eigenvalue weighted by Crippen LogP contribution is 2.37. The first-order chi connectivity index (χ1) is 18.0. The second-order valence-corrected chi connectivity index (χ2v) is 11.2. The molecule has 0 aliphatic rings. The molecule has 0 aromatic carbocycles. The van der Waals surface area contributed by atoms with E-state index < -0.39 is 0 Å². The zero-order chi connectivity index (χ0) is 27.7. The van der Waals surface area contributed by atoms with E-state index in [9.17, 15) is 4.79 Å². The van der Waals surface area contributed by atoms with E-state index in [4.69, 9.17) is 4.98 Å². The van der Waals surface area contributed by atoms with Crippen molar-refractivity contribution < 1.29 is 4.79 Å². The fourth-order valence-corrected chi connectivity index (χ4v) is 5.05. The van der Waals surface area contributed by atoms with E-state index in [-0.39, 0.29) is 23.9 Å². The van der Waals surface area contributed by atoms with Gasteiger partial charge in [-0.1, -0.05) is 13.8 Å². The van der Waals surface area contributed by atoms with Crippen LogP contribution in [0.2, 0.25) is 0 Å². The topological polar surface area (TPSA) is 94.5 Å². The predicted molar refractivity (Wildman–Crippen MR) is 155 cm³/mol. The summed E-state index contributed by atoms with van der Waals surface area (Å²) in [5.74, 6) is 1.25. The van der Waals surface area contributed by atoms with E-state index in [1.54, 1.807) is 6.33 Å². The number of carbonyl (C=O) groups excluding carboxylic acids is 1. The highest BCUT2D eigenvalue weighted by molar-refractivity contribution is 5.90. The van der Waals surface area contributed by atoms with Crippen molar-refractivity contribution >= 4 is 28.4 Å². The van der Waals surface area contributed by atoms with Crippen LogP contribution in [0.25, 0.3) is 27.9 Å². The van der Waals surface area contributed by atoms with E-state index in [0.717, 1.165) is 45.9 Å². The Morgan fingerprint density at radius 3 is 2.50 bits per heavy atom. The molecule has 0 unspecified atom stereocenters. The van der Waals surface area contributed by atoms with Gasteiger partial charge in [-0.15, -0.1) is 0 Å². The number of hydrogen-bond donors (Lipinski definition) is 2. The number of pyridine rings is 2. The standard InChI is InChI=1S/C29H42N8O/c1-17(2)26-27(22-15-37-29(30-16-31-37)21(7)20(22)6)33-23-10-11-24(34-28(23)26)32-19(5)14-36(18(3)4)25(38)12-13-35(8)9/h10-11,15-19,33H,12-14H2,1-9H3,(H,32,34)/t19-/m1/s1. The summed E-state index contributed by atoms with van der Waals surface area (Å²) in [6, 6.07) is 4.28. The van der Waals surface area contributed by atoms with Crippen LogP contribution in [0.4, 0.5) is 5.82 Å². The predicted octanol–water partition coefficient (Wildman–Crippen LogP) is 5.00. The lowest BCUT2D eigenvalue weighted by Crippen LogP contribution is -2.44. The molecule has 9 nitrogen and oxygen atoms in total. The number of anilines is 1. The summed E-state index contributed by atoms with van der Waals surface area (Å²) in [6.45, 7) is 16.2. The molecular weight excluding hydrogens is 476 g/mol. The molecule has 0 aliphatic heterocycles. The van der Waals surface area contributed by atoms with E-state index in [1.165, 1.54) is 11.1 Å². The molecule has 38 heavy (non-hydrogen) atoms. The third-order valence-corrected chi connectivity index (χ3v) is 7.23. The Hall–Kier alpha value is -3.46. The molecule has 0 bridgehead atoms. The number of H-pyrrole nitrogens is 1. The lowest BCUT2D eigenvalue weighted by atomic mass is 9.95. The van der Waals surface area contributed by atoms with Crippen LogP contribution in [0.1, 0.15) is 63.6 Å². The average Bonchev–Trinajstić information content (AvgIpc) is 3.47. The van der Waals surface area contributed by atoms with Crippen LogP contribution in [0.15, 0.2) is 24.7 Å². The summed E-state index contributed by atoms with van der Waals surface area (Å²) in [4.78, 5) is 30.0. The monoisotopic (exact) mass is 518 g/mol. The van der Waals surface area contributed by atoms with Crippen molar-refractivity contribution in [3.63, 3.8) is 0 Å². The molecule has 0 fully saturated rings. The number of nitrogens with zero attached hydrogens (tertiary/aromatic N) is 6. The second kappa shape index (κ2) is 11.1. The minimum Gasteiger partial charge on any atom is -0.366 e. The Morgan fingerprint density at radius 1 is 1.11 bits per heavy atom. The largest absolute Gasteiger partial charge is 0.366 e. The normalized spacial score (nSPS) is 12.8. The number of carbonyl (C=O) groups is 1. The number of amides is 1. The number of aryl methyl sites for hydroxylation is 1. The molecule has 0 saturated heterocycles. The van der Waals surface area contributed by atoms with Crippen LogP contribution in [0, 0.1) is 13.8 Å². The Balaban J connectivity index is 1.64. The summed E-state index contributed by atoms with van der Waals surface area (Å²) in [5.41, 5.74) is 8.50. The molecule has 0 aliphatic carbocycles. The molecule has 0 radical (unpaired) electrons. The first kappa shape index (κ1) is 27.6. The quantitative estimate of drug-likeness (QED) is 0.307. The Labute approximate surface area is 225 Å². The van der Waals surface area contributed by atoms with Gasteiger partial charge in [0.1, 0.15) is 12.1 Å². The number of rotatable bonds is 10. The number of fused-ring (bicyclic) bond motifs is 2. The third-order valence-electron chi connectivity index (χ3n) is 7.23. The molecule has 2 N–H and O–H groups in total. The van der Waals surface area contributed by atoms with Crippen LogP contribution in [-0.2, 0) is 4.79 Å². The van der Waals surface area contributed by atoms with Gasteiger partial charge in [-0.25, -0.2) is 14.5 Å². The molecule has 0 saturated carbocycles. The molecule has 4 aromatic rings. The van der Waals surface area contributed by atoms with Crippen LogP contribution >= 0.6 is 0 Å². The van der Waals surface area contributed by atoms with Gasteiger partial charge >= 0.3 is 0 Å². The fourth-order valence-electron chi connectivity index (χ4n) is 5.05. The molecule has 4 rings (SSSR count). The van der Waals surface area contributed by atoms with Crippen molar-refractivity contribution in [1.29, 1.82) is 0 Å². The third kappa shape index (κ3) is 5.53. The van der Waals surface area contributed by atoms with Crippen molar-refractivity contribution in [2.75, 3.05) is 32.5 Å². The van der Waals surface area contributed by atoms with E-state index >= 15 is 0 Å². The first-order valence-corrected chi connectivity index (χ1v) is 13.5. The molecule has 4 aromatic heterocycles. The first-order valence-electron chi connectivity index (χ1n) is 13.5. The van der Waals surface area contributed by atoms with Gasteiger partial charge < -0.3 is 20.1 Å². The minimum absolute atomic E-state index is 0.0474. The molecule has 9 heteroatoms. The lowest BCUT2D eigenvalue weighted by molar-refractivity contribution is -0.133. The van der Waals surface area contributed by atoms with Crippen molar-refractivity contribution in [2.45, 2.75) is 72.9 Å². The van der Waals surface area contributed by atoms with Crippen molar-refractivity contribution in [3.8, 4) is 11.3 Å². The second-order valence-electron chi connectivity index (χ2n) is 11.2. The number of aromatic nitrogens is 5. The lowest BCUT2D eigenvalue weighted by Gasteiger charge is -2.30. The number of aromatic amines is 1. The van der Waals surface area contributed by atoms with Crippen LogP contribution < -0.4 is 5.32 Å². The molecular formula is C29H42N8O. The molecule has 1 atom stereocenters. The zero-order valence-electron chi connectivity index (χ0n) is 24.3. The van der Waals surface area contributed by atoms with Crippen LogP contribution in [-0.4, -0.2) is 79.5 Å². The summed E-state index contributed by atoms with van der Waals surface area (Å²) in [7, 11) is 3.98. The maximum Gasteiger partial charge on any atom is 0.224 e. The SMILES string of the molecule is Cc1c(-c2[nH]c3ccc(N[C@H](C)CN(C(=O)CCN(C)C)C(C)C)nc3c2C(C)C)cn2ncnc2c1C. The maximum absolute atomic E-state index is 12.9. The van der Waals surface area contributed by atoms with Crippen LogP contribution in [0.3, 0.4) is 0 Å². The number of nitrogens with one attached hydrogen (secondary N) is 2. The Bertz CT molecular complexity index is 1430. The van der Waals surface area contributed by atoms with Gasteiger partial charge in [0.15, 0.2) is 5.65 Å². The maximum atomic E-state index is 12.9. The summed E-state index contributed by atoms with van der Waals surface area (Å²) >= 11 is 0. The Morgan fingerprint density at radius 2 is 1.84 bits per heavy atom. The smallest absolute Gasteiger partial charge is 0.224 e. The summed E-state index contributed by atoms with van der Waals surface area (Å²) in [5, 5.41) is 7.93. The Kier molecular flexibility index (Phi) is 8.06. The average molecular weight is 519 g/mol. The minimum atomic E-state index is 0.0474. The van der Waals surface area contributed by atoms with Gasteiger partial charge in [-0.2, -0.15) is 5.10 Å². The van der Waals surface area contributed by atoms with Gasteiger partial charge in [0.05, 0.1) is 16.7 Å². The van der Waals surface area contributed by atoms with Gasteiger partial charge in [-0.3, -0.25) is 4.79 Å². The molecule has 0 spiro atoms. The summed E-state index contributed by atoms with van der Waals surface area (Å²) < 4.78 is 1.84. The van der Waals surface area contributed by atoms with Crippen molar-refractivity contribution in [3.05, 3.63) is 41.3 Å². The van der Waals surface area contributed by atoms with Crippen LogP contribution in [0.5, 0.6) is 0 Å². The highest BCUT2D eigenvalue weighted by Gasteiger charge is 2.23. The van der Waals surface area contributed by atoms with Crippen molar-refractivity contribution in [1.82, 2.24) is 34.4 Å². The number of hydrogen-bond acceptors (Lipinski definition) is 6. The van der Waals surface area contributed by atoms with Gasteiger partial charge in [-0.05, 0) is 77.9 Å². The van der Waals surface area contributed by atoms with Gasteiger partial charge in [0.25, 0.3) is 0 Å². The molecule has 1 amide bonds. The van der Waals surface area contributed by atoms with Gasteiger partial charge in [0.2, 0.25) is 5.91 Å². The highest BCUT2D eigenvalue weighted by atomic mass is 16.2.